The number of fused-ring (bicyclic) bond motifs is 3. The van der Waals surface area contributed by atoms with Crippen LogP contribution in [0.1, 0.15) is 30.5 Å². The Balaban J connectivity index is 1.35. The van der Waals surface area contributed by atoms with Crippen molar-refractivity contribution < 1.29 is 9.53 Å². The Morgan fingerprint density at radius 3 is 2.87 bits per heavy atom. The fourth-order valence-corrected chi connectivity index (χ4v) is 4.15. The molecule has 0 spiro atoms. The van der Waals surface area contributed by atoms with Crippen LogP contribution >= 0.6 is 11.3 Å². The lowest BCUT2D eigenvalue weighted by molar-refractivity contribution is -0.120. The lowest BCUT2D eigenvalue weighted by Gasteiger charge is -2.11. The van der Waals surface area contributed by atoms with Gasteiger partial charge in [0, 0.05) is 24.0 Å². The molecule has 0 radical (unpaired) electrons. The summed E-state index contributed by atoms with van der Waals surface area (Å²) in [7, 11) is 0. The Bertz CT molecular complexity index is 1170. The standard InChI is InChI=1S/C22H26N6O2S/c1-3-30-16-8-9-19-18(13-16)25-21(22-27-26-15(2)28(19)22)24-11-5-4-10-23-20(29)14-17-7-6-12-31-17/h6-9,12-13H,3-5,10-11,14H2,1-2H3,(H,23,29)(H,24,25). The molecule has 0 unspecified atom stereocenters. The normalized spacial score (nSPS) is 11.2. The zero-order valence-corrected chi connectivity index (χ0v) is 18.5. The van der Waals surface area contributed by atoms with Gasteiger partial charge in [-0.05, 0) is 50.3 Å². The first-order chi connectivity index (χ1) is 15.2. The quantitative estimate of drug-likeness (QED) is 0.368. The molecule has 0 aliphatic rings. The van der Waals surface area contributed by atoms with Gasteiger partial charge >= 0.3 is 0 Å². The zero-order chi connectivity index (χ0) is 21.6. The molecule has 0 atom stereocenters. The van der Waals surface area contributed by atoms with Crippen LogP contribution in [0.4, 0.5) is 5.82 Å². The molecule has 0 aliphatic heterocycles. The predicted octanol–water partition coefficient (Wildman–Crippen LogP) is 3.60. The van der Waals surface area contributed by atoms with Crippen molar-refractivity contribution in [3.05, 3.63) is 46.4 Å². The number of carbonyl (C=O) groups is 1. The average molecular weight is 439 g/mol. The molecule has 0 fully saturated rings. The van der Waals surface area contributed by atoms with Crippen LogP contribution in [0.15, 0.2) is 35.7 Å². The van der Waals surface area contributed by atoms with E-state index < -0.39 is 0 Å². The van der Waals surface area contributed by atoms with Crippen molar-refractivity contribution in [2.45, 2.75) is 33.1 Å². The number of carbonyl (C=O) groups excluding carboxylic acids is 1. The third-order valence-corrected chi connectivity index (χ3v) is 5.78. The van der Waals surface area contributed by atoms with Gasteiger partial charge in [-0.2, -0.15) is 0 Å². The summed E-state index contributed by atoms with van der Waals surface area (Å²) in [4.78, 5) is 17.8. The molecule has 162 valence electrons. The maximum atomic E-state index is 12.0. The Labute approximate surface area is 184 Å². The second kappa shape index (κ2) is 9.74. The highest BCUT2D eigenvalue weighted by Gasteiger charge is 2.13. The minimum absolute atomic E-state index is 0.0670. The van der Waals surface area contributed by atoms with Gasteiger partial charge in [0.1, 0.15) is 11.6 Å². The summed E-state index contributed by atoms with van der Waals surface area (Å²) >= 11 is 1.60. The highest BCUT2D eigenvalue weighted by molar-refractivity contribution is 7.10. The largest absolute Gasteiger partial charge is 0.494 e. The Morgan fingerprint density at radius 1 is 1.19 bits per heavy atom. The summed E-state index contributed by atoms with van der Waals surface area (Å²) in [5.74, 6) is 2.36. The fraction of sp³-hybridized carbons (Fsp3) is 0.364. The molecule has 3 aromatic heterocycles. The molecule has 8 nitrogen and oxygen atoms in total. The smallest absolute Gasteiger partial charge is 0.225 e. The van der Waals surface area contributed by atoms with Crippen molar-refractivity contribution in [2.75, 3.05) is 25.0 Å². The number of ether oxygens (including phenoxy) is 1. The van der Waals surface area contributed by atoms with E-state index >= 15 is 0 Å². The summed E-state index contributed by atoms with van der Waals surface area (Å²) in [5, 5.41) is 16.9. The van der Waals surface area contributed by atoms with E-state index in [9.17, 15) is 4.79 Å². The van der Waals surface area contributed by atoms with Gasteiger partial charge in [-0.25, -0.2) is 4.98 Å². The number of hydrogen-bond donors (Lipinski definition) is 2. The highest BCUT2D eigenvalue weighted by atomic mass is 32.1. The number of rotatable bonds is 10. The molecule has 31 heavy (non-hydrogen) atoms. The van der Waals surface area contributed by atoms with E-state index in [1.54, 1.807) is 11.3 Å². The second-order valence-electron chi connectivity index (χ2n) is 7.19. The van der Waals surface area contributed by atoms with Crippen LogP contribution in [0.3, 0.4) is 0 Å². The summed E-state index contributed by atoms with van der Waals surface area (Å²) < 4.78 is 7.63. The molecule has 9 heteroatoms. The molecule has 1 aromatic carbocycles. The zero-order valence-electron chi connectivity index (χ0n) is 17.7. The number of aromatic nitrogens is 4. The molecule has 0 saturated carbocycles. The number of nitrogens with zero attached hydrogens (tertiary/aromatic N) is 4. The number of anilines is 1. The number of thiophene rings is 1. The van der Waals surface area contributed by atoms with E-state index in [1.165, 1.54) is 0 Å². The minimum atomic E-state index is 0.0670. The van der Waals surface area contributed by atoms with Gasteiger partial charge < -0.3 is 15.4 Å². The first-order valence-corrected chi connectivity index (χ1v) is 11.3. The van der Waals surface area contributed by atoms with Crippen molar-refractivity contribution in [3.8, 4) is 5.75 Å². The minimum Gasteiger partial charge on any atom is -0.494 e. The molecule has 0 aliphatic carbocycles. The Morgan fingerprint density at radius 2 is 2.06 bits per heavy atom. The Kier molecular flexibility index (Phi) is 6.61. The van der Waals surface area contributed by atoms with Gasteiger partial charge in [0.25, 0.3) is 0 Å². The second-order valence-corrected chi connectivity index (χ2v) is 8.22. The maximum absolute atomic E-state index is 12.0. The molecule has 0 bridgehead atoms. The first kappa shape index (κ1) is 21.0. The third-order valence-electron chi connectivity index (χ3n) is 4.90. The van der Waals surface area contributed by atoms with Gasteiger partial charge in [0.2, 0.25) is 11.6 Å². The lowest BCUT2D eigenvalue weighted by atomic mass is 10.2. The summed E-state index contributed by atoms with van der Waals surface area (Å²) in [5.41, 5.74) is 2.48. The number of amides is 1. The van der Waals surface area contributed by atoms with Crippen LogP contribution in [0.5, 0.6) is 5.75 Å². The summed E-state index contributed by atoms with van der Waals surface area (Å²) in [6, 6.07) is 9.80. The fourth-order valence-electron chi connectivity index (χ4n) is 3.45. The van der Waals surface area contributed by atoms with Gasteiger partial charge in [0.05, 0.1) is 24.1 Å². The number of hydrogen-bond acceptors (Lipinski definition) is 7. The van der Waals surface area contributed by atoms with E-state index in [4.69, 9.17) is 9.72 Å². The van der Waals surface area contributed by atoms with Crippen molar-refractivity contribution >= 4 is 39.7 Å². The van der Waals surface area contributed by atoms with Crippen molar-refractivity contribution in [2.24, 2.45) is 0 Å². The van der Waals surface area contributed by atoms with Crippen molar-refractivity contribution in [1.82, 2.24) is 24.9 Å². The summed E-state index contributed by atoms with van der Waals surface area (Å²) in [6.07, 6.45) is 2.23. The lowest BCUT2D eigenvalue weighted by Crippen LogP contribution is -2.26. The molecular formula is C22H26N6O2S. The molecule has 4 aromatic rings. The van der Waals surface area contributed by atoms with Gasteiger partial charge in [-0.1, -0.05) is 6.07 Å². The van der Waals surface area contributed by atoms with Crippen LogP contribution in [0.25, 0.3) is 16.7 Å². The number of nitrogens with one attached hydrogen (secondary N) is 2. The first-order valence-electron chi connectivity index (χ1n) is 10.5. The van der Waals surface area contributed by atoms with Crippen molar-refractivity contribution in [1.29, 1.82) is 0 Å². The van der Waals surface area contributed by atoms with E-state index in [0.717, 1.165) is 46.9 Å². The molecule has 2 N–H and O–H groups in total. The SMILES string of the molecule is CCOc1ccc2c(c1)nc(NCCCCNC(=O)Cc1cccs1)c1nnc(C)n12. The van der Waals surface area contributed by atoms with Crippen LogP contribution in [-0.2, 0) is 11.2 Å². The van der Waals surface area contributed by atoms with Crippen LogP contribution in [-0.4, -0.2) is 45.2 Å². The molecule has 3 heterocycles. The molecule has 0 saturated heterocycles. The van der Waals surface area contributed by atoms with E-state index in [-0.39, 0.29) is 5.91 Å². The highest BCUT2D eigenvalue weighted by Crippen LogP contribution is 2.25. The predicted molar refractivity (Wildman–Crippen MR) is 123 cm³/mol. The van der Waals surface area contributed by atoms with Crippen molar-refractivity contribution in [3.63, 3.8) is 0 Å². The third kappa shape index (κ3) is 4.93. The molecular weight excluding hydrogens is 412 g/mol. The van der Waals surface area contributed by atoms with Crippen LogP contribution in [0, 0.1) is 6.92 Å². The van der Waals surface area contributed by atoms with Gasteiger partial charge in [0.15, 0.2) is 5.82 Å². The Hall–Kier alpha value is -3.20. The maximum Gasteiger partial charge on any atom is 0.225 e. The number of benzene rings is 1. The molecule has 4 rings (SSSR count). The van der Waals surface area contributed by atoms with E-state index in [1.807, 2.05) is 54.0 Å². The van der Waals surface area contributed by atoms with E-state index in [0.29, 0.717) is 31.0 Å². The summed E-state index contributed by atoms with van der Waals surface area (Å²) in [6.45, 7) is 5.88. The van der Waals surface area contributed by atoms with Gasteiger partial charge in [-0.3, -0.25) is 9.20 Å². The number of aryl methyl sites for hydroxylation is 1. The van der Waals surface area contributed by atoms with Crippen LogP contribution in [0.2, 0.25) is 0 Å². The number of unbranched alkanes of at least 4 members (excludes halogenated alkanes) is 1. The monoisotopic (exact) mass is 438 g/mol. The van der Waals surface area contributed by atoms with E-state index in [2.05, 4.69) is 20.8 Å². The average Bonchev–Trinajstić information content (AvgIpc) is 3.40. The van der Waals surface area contributed by atoms with Crippen LogP contribution < -0.4 is 15.4 Å². The topological polar surface area (TPSA) is 93.4 Å². The van der Waals surface area contributed by atoms with Gasteiger partial charge in [-0.15, -0.1) is 21.5 Å². The molecule has 1 amide bonds.